The van der Waals surface area contributed by atoms with Crippen LogP contribution in [0.15, 0.2) is 36.4 Å². The normalized spacial score (nSPS) is 10.2. The monoisotopic (exact) mass is 324 g/mol. The number of halogens is 2. The van der Waals surface area contributed by atoms with Crippen LogP contribution in [-0.4, -0.2) is 12.5 Å². The zero-order valence-electron chi connectivity index (χ0n) is 11.3. The minimum absolute atomic E-state index is 0.236. The van der Waals surface area contributed by atoms with Gasteiger partial charge < -0.3 is 15.8 Å². The predicted molar refractivity (Wildman–Crippen MR) is 85.4 cm³/mol. The van der Waals surface area contributed by atoms with E-state index < -0.39 is 0 Å². The Balaban J connectivity index is 2.38. The topological polar surface area (TPSA) is 64.4 Å². The van der Waals surface area contributed by atoms with Crippen LogP contribution in [0.5, 0.6) is 11.5 Å². The van der Waals surface area contributed by atoms with Crippen LogP contribution in [0.1, 0.15) is 17.3 Å². The van der Waals surface area contributed by atoms with Crippen LogP contribution in [0, 0.1) is 0 Å². The number of benzene rings is 2. The zero-order valence-corrected chi connectivity index (χ0v) is 12.8. The van der Waals surface area contributed by atoms with E-state index in [1.807, 2.05) is 6.92 Å². The first kappa shape index (κ1) is 15.5. The number of nitrogens with two attached hydrogens (primary N) is 1. The third-order valence-corrected chi connectivity index (χ3v) is 3.09. The van der Waals surface area contributed by atoms with Gasteiger partial charge in [0.1, 0.15) is 11.5 Å². The third-order valence-electron chi connectivity index (χ3n) is 2.65. The fourth-order valence-corrected chi connectivity index (χ4v) is 2.29. The van der Waals surface area contributed by atoms with E-state index in [0.717, 1.165) is 0 Å². The van der Waals surface area contributed by atoms with Gasteiger partial charge in [-0.3, -0.25) is 4.79 Å². The van der Waals surface area contributed by atoms with Crippen molar-refractivity contribution < 1.29 is 9.53 Å². The van der Waals surface area contributed by atoms with Crippen LogP contribution in [0.4, 0.5) is 5.69 Å². The molecule has 110 valence electrons. The first-order valence-electron chi connectivity index (χ1n) is 6.31. The molecule has 0 fully saturated rings. The van der Waals surface area contributed by atoms with Crippen LogP contribution in [-0.2, 0) is 0 Å². The molecule has 6 heteroatoms. The number of ether oxygens (including phenoxy) is 1. The molecule has 0 aliphatic heterocycles. The molecule has 2 rings (SSSR count). The van der Waals surface area contributed by atoms with Gasteiger partial charge in [0.25, 0.3) is 5.91 Å². The lowest BCUT2D eigenvalue weighted by molar-refractivity contribution is 0.0953. The molecule has 2 aromatic carbocycles. The number of hydrogen-bond donors (Lipinski definition) is 2. The van der Waals surface area contributed by atoms with Gasteiger partial charge in [-0.05, 0) is 37.3 Å². The largest absolute Gasteiger partial charge is 0.456 e. The van der Waals surface area contributed by atoms with E-state index in [0.29, 0.717) is 39.3 Å². The maximum absolute atomic E-state index is 12.0. The number of carbonyl (C=O) groups is 1. The molecular weight excluding hydrogens is 311 g/mol. The molecule has 0 aliphatic rings. The number of hydrogen-bond acceptors (Lipinski definition) is 3. The summed E-state index contributed by atoms with van der Waals surface area (Å²) in [4.78, 5) is 12.0. The van der Waals surface area contributed by atoms with Gasteiger partial charge in [0.05, 0.1) is 5.56 Å². The summed E-state index contributed by atoms with van der Waals surface area (Å²) in [6.07, 6.45) is 0. The summed E-state index contributed by atoms with van der Waals surface area (Å²) in [7, 11) is 0. The summed E-state index contributed by atoms with van der Waals surface area (Å²) >= 11 is 11.9. The molecule has 1 amide bonds. The van der Waals surface area contributed by atoms with Gasteiger partial charge in [0, 0.05) is 28.3 Å². The van der Waals surface area contributed by atoms with E-state index in [-0.39, 0.29) is 5.91 Å². The molecule has 0 saturated heterocycles. The predicted octanol–water partition coefficient (Wildman–Crippen LogP) is 4.12. The summed E-state index contributed by atoms with van der Waals surface area (Å²) < 4.78 is 5.71. The lowest BCUT2D eigenvalue weighted by atomic mass is 10.1. The molecule has 0 atom stereocenters. The van der Waals surface area contributed by atoms with Crippen LogP contribution >= 0.6 is 23.2 Å². The highest BCUT2D eigenvalue weighted by Crippen LogP contribution is 2.31. The van der Waals surface area contributed by atoms with E-state index in [4.69, 9.17) is 33.7 Å². The van der Waals surface area contributed by atoms with Gasteiger partial charge in [-0.2, -0.15) is 0 Å². The molecule has 0 heterocycles. The first-order chi connectivity index (χ1) is 9.99. The Morgan fingerprint density at radius 1 is 1.19 bits per heavy atom. The zero-order chi connectivity index (χ0) is 15.4. The Morgan fingerprint density at radius 3 is 2.48 bits per heavy atom. The molecule has 3 N–H and O–H groups in total. The quantitative estimate of drug-likeness (QED) is 0.831. The van der Waals surface area contributed by atoms with Gasteiger partial charge in [0.15, 0.2) is 0 Å². The molecule has 0 saturated carbocycles. The number of anilines is 1. The highest BCUT2D eigenvalue weighted by molar-refractivity contribution is 6.34. The number of amides is 1. The van der Waals surface area contributed by atoms with Gasteiger partial charge in [0.2, 0.25) is 0 Å². The van der Waals surface area contributed by atoms with Crippen molar-refractivity contribution in [1.82, 2.24) is 5.32 Å². The van der Waals surface area contributed by atoms with Gasteiger partial charge >= 0.3 is 0 Å². The second kappa shape index (κ2) is 6.70. The number of nitrogens with one attached hydrogen (secondary N) is 1. The highest BCUT2D eigenvalue weighted by Gasteiger charge is 2.13. The minimum Gasteiger partial charge on any atom is -0.456 e. The van der Waals surface area contributed by atoms with E-state index >= 15 is 0 Å². The molecule has 2 aromatic rings. The van der Waals surface area contributed by atoms with E-state index in [2.05, 4.69) is 5.32 Å². The van der Waals surface area contributed by atoms with Gasteiger partial charge in [-0.25, -0.2) is 0 Å². The summed E-state index contributed by atoms with van der Waals surface area (Å²) in [5.41, 5.74) is 6.63. The van der Waals surface area contributed by atoms with Crippen molar-refractivity contribution in [3.05, 3.63) is 52.0 Å². The van der Waals surface area contributed by atoms with Crippen LogP contribution < -0.4 is 15.8 Å². The Morgan fingerprint density at radius 2 is 1.86 bits per heavy atom. The number of rotatable bonds is 4. The second-order valence-electron chi connectivity index (χ2n) is 4.32. The SMILES string of the molecule is CCNC(=O)c1ccc(N)cc1Oc1cc(Cl)cc(Cl)c1. The van der Waals surface area contributed by atoms with Crippen molar-refractivity contribution in [2.45, 2.75) is 6.92 Å². The molecule has 0 unspecified atom stereocenters. The van der Waals surface area contributed by atoms with Crippen LogP contribution in [0.3, 0.4) is 0 Å². The first-order valence-corrected chi connectivity index (χ1v) is 7.07. The lowest BCUT2D eigenvalue weighted by Crippen LogP contribution is -2.23. The van der Waals surface area contributed by atoms with Crippen molar-refractivity contribution in [2.24, 2.45) is 0 Å². The van der Waals surface area contributed by atoms with E-state index in [1.165, 1.54) is 0 Å². The Labute approximate surface area is 132 Å². The van der Waals surface area contributed by atoms with Gasteiger partial charge in [-0.15, -0.1) is 0 Å². The third kappa shape index (κ3) is 4.03. The average Bonchev–Trinajstić information content (AvgIpc) is 2.37. The highest BCUT2D eigenvalue weighted by atomic mass is 35.5. The fourth-order valence-electron chi connectivity index (χ4n) is 1.78. The average molecular weight is 325 g/mol. The lowest BCUT2D eigenvalue weighted by Gasteiger charge is -2.12. The summed E-state index contributed by atoms with van der Waals surface area (Å²) in [5, 5.41) is 3.61. The van der Waals surface area contributed by atoms with Crippen molar-refractivity contribution in [1.29, 1.82) is 0 Å². The Bertz CT molecular complexity index is 654. The minimum atomic E-state index is -0.236. The van der Waals surface area contributed by atoms with Crippen LogP contribution in [0.2, 0.25) is 10.0 Å². The van der Waals surface area contributed by atoms with E-state index in [1.54, 1.807) is 36.4 Å². The van der Waals surface area contributed by atoms with Crippen molar-refractivity contribution >= 4 is 34.8 Å². The number of carbonyl (C=O) groups excluding carboxylic acids is 1. The second-order valence-corrected chi connectivity index (χ2v) is 5.20. The maximum atomic E-state index is 12.0. The Kier molecular flexibility index (Phi) is 4.94. The molecule has 4 nitrogen and oxygen atoms in total. The van der Waals surface area contributed by atoms with Gasteiger partial charge in [-0.1, -0.05) is 23.2 Å². The van der Waals surface area contributed by atoms with Crippen LogP contribution in [0.25, 0.3) is 0 Å². The summed E-state index contributed by atoms with van der Waals surface area (Å²) in [6, 6.07) is 9.65. The Hall–Kier alpha value is -1.91. The molecule has 0 aromatic heterocycles. The summed E-state index contributed by atoms with van der Waals surface area (Å²) in [5.74, 6) is 0.545. The van der Waals surface area contributed by atoms with E-state index in [9.17, 15) is 4.79 Å². The summed E-state index contributed by atoms with van der Waals surface area (Å²) in [6.45, 7) is 2.36. The fraction of sp³-hybridized carbons (Fsp3) is 0.133. The van der Waals surface area contributed by atoms with Crippen molar-refractivity contribution in [2.75, 3.05) is 12.3 Å². The standard InChI is InChI=1S/C15H14Cl2N2O2/c1-2-19-15(20)13-4-3-11(18)8-14(13)21-12-6-9(16)5-10(17)7-12/h3-8H,2,18H2,1H3,(H,19,20). The molecule has 21 heavy (non-hydrogen) atoms. The molecular formula is C15H14Cl2N2O2. The van der Waals surface area contributed by atoms with Crippen molar-refractivity contribution in [3.63, 3.8) is 0 Å². The van der Waals surface area contributed by atoms with Crippen molar-refractivity contribution in [3.8, 4) is 11.5 Å². The molecule has 0 radical (unpaired) electrons. The number of nitrogen functional groups attached to an aromatic ring is 1. The maximum Gasteiger partial charge on any atom is 0.255 e. The molecule has 0 aliphatic carbocycles. The molecule has 0 spiro atoms. The smallest absolute Gasteiger partial charge is 0.255 e. The molecule has 0 bridgehead atoms.